The number of fused-ring (bicyclic) bond motifs is 1. The molecule has 2 aliphatic heterocycles. The van der Waals surface area contributed by atoms with Crippen LogP contribution in [0, 0.1) is 5.82 Å². The fourth-order valence-electron chi connectivity index (χ4n) is 3.18. The number of carboxylic acid groups (broad SMARTS) is 1. The van der Waals surface area contributed by atoms with Crippen LogP contribution in [-0.2, 0) is 9.53 Å². The quantitative estimate of drug-likeness (QED) is 0.649. The van der Waals surface area contributed by atoms with Gasteiger partial charge in [-0.25, -0.2) is 19.0 Å². The summed E-state index contributed by atoms with van der Waals surface area (Å²) in [6, 6.07) is 9.78. The number of aliphatic imine (C=N–C) groups is 1. The summed E-state index contributed by atoms with van der Waals surface area (Å²) in [6.07, 6.45) is 0.631. The Bertz CT molecular complexity index is 994. The van der Waals surface area contributed by atoms with Crippen molar-refractivity contribution in [3.63, 3.8) is 0 Å². The molecular formula is C19H16FN3O4. The number of benzene rings is 2. The van der Waals surface area contributed by atoms with Gasteiger partial charge >= 0.3 is 12.1 Å². The molecule has 0 aliphatic carbocycles. The van der Waals surface area contributed by atoms with Crippen LogP contribution in [0.4, 0.5) is 9.18 Å². The zero-order chi connectivity index (χ0) is 19.0. The number of hydrogen-bond donors (Lipinski definition) is 1. The Morgan fingerprint density at radius 3 is 2.52 bits per heavy atom. The van der Waals surface area contributed by atoms with E-state index >= 15 is 0 Å². The Balaban J connectivity index is 1.61. The van der Waals surface area contributed by atoms with Crippen molar-refractivity contribution in [2.75, 3.05) is 26.2 Å². The van der Waals surface area contributed by atoms with Crippen LogP contribution in [0.25, 0.3) is 10.8 Å². The molecule has 1 fully saturated rings. The molecule has 2 heterocycles. The van der Waals surface area contributed by atoms with Gasteiger partial charge in [-0.2, -0.15) is 0 Å². The molecule has 0 saturated carbocycles. The molecule has 0 aromatic heterocycles. The molecule has 0 radical (unpaired) electrons. The van der Waals surface area contributed by atoms with Gasteiger partial charge in [0.05, 0.1) is 0 Å². The van der Waals surface area contributed by atoms with Crippen LogP contribution >= 0.6 is 0 Å². The lowest BCUT2D eigenvalue weighted by Crippen LogP contribution is -2.46. The van der Waals surface area contributed by atoms with E-state index in [0.717, 1.165) is 0 Å². The minimum absolute atomic E-state index is 0.131. The molecule has 7 nitrogen and oxygen atoms in total. The molecular weight excluding hydrogens is 353 g/mol. The summed E-state index contributed by atoms with van der Waals surface area (Å²) in [5.74, 6) is -0.808. The number of piperazine rings is 1. The maximum absolute atomic E-state index is 14.0. The second-order valence-electron chi connectivity index (χ2n) is 6.27. The van der Waals surface area contributed by atoms with Crippen molar-refractivity contribution in [1.82, 2.24) is 9.80 Å². The fourth-order valence-corrected chi connectivity index (χ4v) is 3.18. The first kappa shape index (κ1) is 17.0. The summed E-state index contributed by atoms with van der Waals surface area (Å²) in [6.45, 7) is 1.64. The first-order valence-corrected chi connectivity index (χ1v) is 8.45. The summed E-state index contributed by atoms with van der Waals surface area (Å²) >= 11 is 0. The minimum Gasteiger partial charge on any atom is -0.465 e. The number of cyclic esters (lactones) is 1. The highest BCUT2D eigenvalue weighted by Crippen LogP contribution is 2.26. The number of amides is 1. The van der Waals surface area contributed by atoms with Crippen molar-refractivity contribution >= 4 is 28.7 Å². The molecule has 0 atom stereocenters. The Kier molecular flexibility index (Phi) is 4.23. The number of carbonyl (C=O) groups excluding carboxylic acids is 1. The number of halogens is 1. The highest BCUT2D eigenvalue weighted by molar-refractivity contribution is 6.16. The van der Waals surface area contributed by atoms with E-state index in [1.807, 2.05) is 4.90 Å². The zero-order valence-corrected chi connectivity index (χ0v) is 14.3. The standard InChI is InChI=1S/C19H16FN3O4/c20-15-6-5-14(12-3-1-2-4-13(12)15)17-21-16(18(24)27-17)11-22-7-9-23(10-8-22)19(25)26/h1-6,11H,7-10H2,(H,25,26)/b16-11+. The topological polar surface area (TPSA) is 82.4 Å². The van der Waals surface area contributed by atoms with Gasteiger partial charge in [0, 0.05) is 43.3 Å². The smallest absolute Gasteiger partial charge is 0.407 e. The highest BCUT2D eigenvalue weighted by Gasteiger charge is 2.27. The van der Waals surface area contributed by atoms with Gasteiger partial charge in [0.25, 0.3) is 0 Å². The summed E-state index contributed by atoms with van der Waals surface area (Å²) in [5.41, 5.74) is 0.682. The van der Waals surface area contributed by atoms with Gasteiger partial charge < -0.3 is 19.6 Å². The van der Waals surface area contributed by atoms with E-state index in [4.69, 9.17) is 9.84 Å². The van der Waals surface area contributed by atoms with Gasteiger partial charge in [-0.15, -0.1) is 0 Å². The van der Waals surface area contributed by atoms with Gasteiger partial charge in [-0.1, -0.05) is 24.3 Å². The summed E-state index contributed by atoms with van der Waals surface area (Å²) in [4.78, 5) is 30.6. The molecule has 2 aromatic carbocycles. The second kappa shape index (κ2) is 6.71. The van der Waals surface area contributed by atoms with Crippen LogP contribution in [0.15, 0.2) is 53.3 Å². The van der Waals surface area contributed by atoms with Gasteiger partial charge in [-0.3, -0.25) is 0 Å². The largest absolute Gasteiger partial charge is 0.465 e. The number of hydrogen-bond acceptors (Lipinski definition) is 5. The van der Waals surface area contributed by atoms with E-state index in [1.54, 1.807) is 36.5 Å². The minimum atomic E-state index is -0.953. The van der Waals surface area contributed by atoms with Crippen LogP contribution in [-0.4, -0.2) is 59.0 Å². The number of nitrogens with zero attached hydrogens (tertiary/aromatic N) is 3. The molecule has 0 bridgehead atoms. The number of carbonyl (C=O) groups is 2. The number of rotatable bonds is 2. The third-order valence-electron chi connectivity index (χ3n) is 4.61. The lowest BCUT2D eigenvalue weighted by Gasteiger charge is -2.32. The lowest BCUT2D eigenvalue weighted by molar-refractivity contribution is -0.130. The molecule has 0 unspecified atom stereocenters. The Morgan fingerprint density at radius 1 is 1.11 bits per heavy atom. The molecule has 4 rings (SSSR count). The van der Waals surface area contributed by atoms with E-state index in [-0.39, 0.29) is 17.4 Å². The summed E-state index contributed by atoms with van der Waals surface area (Å²) in [5, 5.41) is 10.0. The summed E-state index contributed by atoms with van der Waals surface area (Å²) < 4.78 is 19.3. The van der Waals surface area contributed by atoms with E-state index in [2.05, 4.69) is 4.99 Å². The third kappa shape index (κ3) is 3.21. The van der Waals surface area contributed by atoms with Crippen LogP contribution < -0.4 is 0 Å². The Labute approximate surface area is 154 Å². The van der Waals surface area contributed by atoms with Crippen molar-refractivity contribution in [2.24, 2.45) is 4.99 Å². The summed E-state index contributed by atoms with van der Waals surface area (Å²) in [7, 11) is 0. The fraction of sp³-hybridized carbons (Fsp3) is 0.211. The van der Waals surface area contributed by atoms with Gasteiger partial charge in [0.1, 0.15) is 5.82 Å². The first-order valence-electron chi connectivity index (χ1n) is 8.45. The lowest BCUT2D eigenvalue weighted by atomic mass is 10.0. The monoisotopic (exact) mass is 369 g/mol. The van der Waals surface area contributed by atoms with Crippen LogP contribution in [0.5, 0.6) is 0 Å². The normalized spacial score (nSPS) is 18.8. The Hall–Kier alpha value is -3.42. The molecule has 1 amide bonds. The van der Waals surface area contributed by atoms with E-state index in [9.17, 15) is 14.0 Å². The zero-order valence-electron chi connectivity index (χ0n) is 14.3. The maximum atomic E-state index is 14.0. The molecule has 1 N–H and O–H groups in total. The van der Waals surface area contributed by atoms with Crippen molar-refractivity contribution in [3.8, 4) is 0 Å². The van der Waals surface area contributed by atoms with E-state index in [0.29, 0.717) is 42.5 Å². The molecule has 2 aliphatic rings. The predicted octanol–water partition coefficient (Wildman–Crippen LogP) is 2.42. The van der Waals surface area contributed by atoms with Crippen molar-refractivity contribution < 1.29 is 23.8 Å². The van der Waals surface area contributed by atoms with Crippen LogP contribution in [0.2, 0.25) is 0 Å². The van der Waals surface area contributed by atoms with Gasteiger partial charge in [0.15, 0.2) is 5.70 Å². The van der Waals surface area contributed by atoms with Gasteiger partial charge in [0.2, 0.25) is 5.90 Å². The highest BCUT2D eigenvalue weighted by atomic mass is 19.1. The van der Waals surface area contributed by atoms with E-state index < -0.39 is 12.1 Å². The first-order chi connectivity index (χ1) is 13.0. The van der Waals surface area contributed by atoms with Crippen molar-refractivity contribution in [3.05, 3.63) is 59.7 Å². The van der Waals surface area contributed by atoms with Crippen molar-refractivity contribution in [2.45, 2.75) is 0 Å². The van der Waals surface area contributed by atoms with Crippen molar-refractivity contribution in [1.29, 1.82) is 0 Å². The average molecular weight is 369 g/mol. The predicted molar refractivity (Wildman–Crippen MR) is 95.8 cm³/mol. The Morgan fingerprint density at radius 2 is 1.81 bits per heavy atom. The number of ether oxygens (including phenoxy) is 1. The number of esters is 1. The van der Waals surface area contributed by atoms with Crippen LogP contribution in [0.3, 0.4) is 0 Å². The molecule has 8 heteroatoms. The molecule has 27 heavy (non-hydrogen) atoms. The maximum Gasteiger partial charge on any atom is 0.407 e. The molecule has 138 valence electrons. The van der Waals surface area contributed by atoms with Gasteiger partial charge in [-0.05, 0) is 17.5 Å². The molecule has 0 spiro atoms. The third-order valence-corrected chi connectivity index (χ3v) is 4.61. The second-order valence-corrected chi connectivity index (χ2v) is 6.27. The molecule has 1 saturated heterocycles. The average Bonchev–Trinajstić information content (AvgIpc) is 3.03. The SMILES string of the molecule is O=C1OC(c2ccc(F)c3ccccc23)=N/C1=C/N1CCN(C(=O)O)CC1. The van der Waals surface area contributed by atoms with E-state index in [1.165, 1.54) is 11.0 Å². The molecule has 2 aromatic rings. The van der Waals surface area contributed by atoms with Crippen LogP contribution in [0.1, 0.15) is 5.56 Å².